The molecule has 2 rings (SSSR count). The molecular formula is C10H10ClN3. The van der Waals surface area contributed by atoms with E-state index in [4.69, 9.17) is 11.6 Å². The zero-order valence-corrected chi connectivity index (χ0v) is 8.54. The fourth-order valence-corrected chi connectivity index (χ4v) is 1.66. The molecule has 0 amide bonds. The number of halogens is 1. The monoisotopic (exact) mass is 207 g/mol. The van der Waals surface area contributed by atoms with Gasteiger partial charge in [-0.15, -0.1) is 11.6 Å². The molecule has 3 nitrogen and oxygen atoms in total. The second-order valence-electron chi connectivity index (χ2n) is 3.02. The van der Waals surface area contributed by atoms with Crippen molar-refractivity contribution < 1.29 is 0 Å². The van der Waals surface area contributed by atoms with E-state index in [9.17, 15) is 0 Å². The van der Waals surface area contributed by atoms with Crippen LogP contribution in [0, 0.1) is 6.92 Å². The van der Waals surface area contributed by atoms with Crippen LogP contribution in [-0.4, -0.2) is 15.2 Å². The molecule has 0 spiro atoms. The molecule has 0 unspecified atom stereocenters. The van der Waals surface area contributed by atoms with E-state index in [1.807, 2.05) is 25.1 Å². The number of alkyl halides is 1. The van der Waals surface area contributed by atoms with E-state index < -0.39 is 0 Å². The van der Waals surface area contributed by atoms with E-state index in [1.54, 1.807) is 6.20 Å². The summed E-state index contributed by atoms with van der Waals surface area (Å²) >= 11 is 5.84. The number of hydrogen-bond donors (Lipinski definition) is 1. The summed E-state index contributed by atoms with van der Waals surface area (Å²) in [6.07, 6.45) is 1.75. The van der Waals surface area contributed by atoms with Crippen LogP contribution >= 0.6 is 11.6 Å². The summed E-state index contributed by atoms with van der Waals surface area (Å²) in [4.78, 5) is 4.23. The molecule has 0 aliphatic carbocycles. The molecule has 0 aliphatic rings. The Morgan fingerprint density at radius 2 is 2.29 bits per heavy atom. The Morgan fingerprint density at radius 1 is 1.43 bits per heavy atom. The molecule has 0 saturated heterocycles. The van der Waals surface area contributed by atoms with E-state index in [2.05, 4.69) is 15.2 Å². The van der Waals surface area contributed by atoms with Crippen molar-refractivity contribution in [3.8, 4) is 11.4 Å². The maximum absolute atomic E-state index is 5.84. The minimum atomic E-state index is 0.453. The Labute approximate surface area is 87.1 Å². The quantitative estimate of drug-likeness (QED) is 0.769. The van der Waals surface area contributed by atoms with Gasteiger partial charge in [0.05, 0.1) is 11.6 Å². The molecule has 0 aliphatic heterocycles. The van der Waals surface area contributed by atoms with Crippen molar-refractivity contribution in [3.63, 3.8) is 0 Å². The molecule has 2 aromatic heterocycles. The van der Waals surface area contributed by atoms with E-state index in [0.717, 1.165) is 22.6 Å². The van der Waals surface area contributed by atoms with Crippen molar-refractivity contribution in [2.75, 3.05) is 0 Å². The average molecular weight is 208 g/mol. The van der Waals surface area contributed by atoms with Gasteiger partial charge < -0.3 is 0 Å². The van der Waals surface area contributed by atoms with Gasteiger partial charge >= 0.3 is 0 Å². The number of nitrogens with one attached hydrogen (secondary N) is 1. The predicted octanol–water partition coefficient (Wildman–Crippen LogP) is 2.52. The van der Waals surface area contributed by atoms with Crippen LogP contribution in [0.15, 0.2) is 24.4 Å². The third kappa shape index (κ3) is 1.51. The Morgan fingerprint density at radius 3 is 2.93 bits per heavy atom. The summed E-state index contributed by atoms with van der Waals surface area (Å²) in [5.41, 5.74) is 3.72. The zero-order valence-electron chi connectivity index (χ0n) is 7.79. The van der Waals surface area contributed by atoms with Crippen LogP contribution in [0.1, 0.15) is 11.3 Å². The number of pyridine rings is 1. The molecule has 2 aromatic rings. The van der Waals surface area contributed by atoms with Crippen molar-refractivity contribution in [1.82, 2.24) is 15.2 Å². The van der Waals surface area contributed by atoms with Crippen LogP contribution in [0.2, 0.25) is 0 Å². The van der Waals surface area contributed by atoms with E-state index in [0.29, 0.717) is 5.88 Å². The lowest BCUT2D eigenvalue weighted by Gasteiger charge is -1.98. The Kier molecular flexibility index (Phi) is 2.50. The lowest BCUT2D eigenvalue weighted by molar-refractivity contribution is 1.04. The number of rotatable bonds is 2. The molecule has 0 fully saturated rings. The molecule has 2 heterocycles. The lowest BCUT2D eigenvalue weighted by Crippen LogP contribution is -1.87. The summed E-state index contributed by atoms with van der Waals surface area (Å²) < 4.78 is 0. The fourth-order valence-electron chi connectivity index (χ4n) is 1.33. The van der Waals surface area contributed by atoms with Gasteiger partial charge in [-0.25, -0.2) is 0 Å². The van der Waals surface area contributed by atoms with Crippen molar-refractivity contribution in [2.45, 2.75) is 12.8 Å². The third-order valence-corrected chi connectivity index (χ3v) is 2.38. The summed E-state index contributed by atoms with van der Waals surface area (Å²) in [7, 11) is 0. The Bertz CT molecular complexity index is 422. The maximum Gasteiger partial charge on any atom is 0.115 e. The first-order valence-corrected chi connectivity index (χ1v) is 4.87. The van der Waals surface area contributed by atoms with Gasteiger partial charge in [0.25, 0.3) is 0 Å². The third-order valence-electron chi connectivity index (χ3n) is 2.12. The van der Waals surface area contributed by atoms with E-state index >= 15 is 0 Å². The summed E-state index contributed by atoms with van der Waals surface area (Å²) in [5.74, 6) is 0.453. The first-order chi connectivity index (χ1) is 6.83. The molecule has 14 heavy (non-hydrogen) atoms. The van der Waals surface area contributed by atoms with Gasteiger partial charge in [-0.2, -0.15) is 5.10 Å². The molecule has 0 radical (unpaired) electrons. The molecular weight excluding hydrogens is 198 g/mol. The molecule has 0 aromatic carbocycles. The second kappa shape index (κ2) is 3.80. The van der Waals surface area contributed by atoms with Gasteiger partial charge in [0.15, 0.2) is 0 Å². The highest BCUT2D eigenvalue weighted by Gasteiger charge is 2.11. The first kappa shape index (κ1) is 9.21. The van der Waals surface area contributed by atoms with Crippen LogP contribution in [0.5, 0.6) is 0 Å². The fraction of sp³-hybridized carbons (Fsp3) is 0.200. The predicted molar refractivity (Wildman–Crippen MR) is 56.1 cm³/mol. The smallest absolute Gasteiger partial charge is 0.115 e. The molecule has 4 heteroatoms. The normalized spacial score (nSPS) is 10.4. The van der Waals surface area contributed by atoms with Gasteiger partial charge in [-0.3, -0.25) is 10.1 Å². The lowest BCUT2D eigenvalue weighted by atomic mass is 10.1. The van der Waals surface area contributed by atoms with Gasteiger partial charge in [0.1, 0.15) is 5.69 Å². The van der Waals surface area contributed by atoms with Gasteiger partial charge in [-0.05, 0) is 19.1 Å². The largest absolute Gasteiger partial charge is 0.282 e. The van der Waals surface area contributed by atoms with Crippen LogP contribution in [0.3, 0.4) is 0 Å². The number of H-pyrrole nitrogens is 1. The number of aryl methyl sites for hydroxylation is 1. The Balaban J connectivity index is 2.52. The average Bonchev–Trinajstić information content (AvgIpc) is 2.61. The summed E-state index contributed by atoms with van der Waals surface area (Å²) in [5, 5.41) is 7.10. The number of aromatic nitrogens is 3. The highest BCUT2D eigenvalue weighted by Crippen LogP contribution is 2.22. The molecule has 72 valence electrons. The number of nitrogens with zero attached hydrogens (tertiary/aromatic N) is 2. The van der Waals surface area contributed by atoms with Crippen LogP contribution < -0.4 is 0 Å². The number of aromatic amines is 1. The summed E-state index contributed by atoms with van der Waals surface area (Å²) in [6.45, 7) is 1.96. The SMILES string of the molecule is Cc1[nH]nc(-c2ccccn2)c1CCl. The standard InChI is InChI=1S/C10H10ClN3/c1-7-8(6-11)10(14-13-7)9-4-2-3-5-12-9/h2-5H,6H2,1H3,(H,13,14). The van der Waals surface area contributed by atoms with Crippen LogP contribution in [0.25, 0.3) is 11.4 Å². The van der Waals surface area contributed by atoms with Gasteiger partial charge in [-0.1, -0.05) is 6.07 Å². The zero-order chi connectivity index (χ0) is 9.97. The van der Waals surface area contributed by atoms with E-state index in [-0.39, 0.29) is 0 Å². The second-order valence-corrected chi connectivity index (χ2v) is 3.29. The highest BCUT2D eigenvalue weighted by molar-refractivity contribution is 6.17. The van der Waals surface area contributed by atoms with Crippen molar-refractivity contribution in [1.29, 1.82) is 0 Å². The molecule has 1 N–H and O–H groups in total. The minimum Gasteiger partial charge on any atom is -0.282 e. The summed E-state index contributed by atoms with van der Waals surface area (Å²) in [6, 6.07) is 5.74. The van der Waals surface area contributed by atoms with Crippen LogP contribution in [0.4, 0.5) is 0 Å². The van der Waals surface area contributed by atoms with E-state index in [1.165, 1.54) is 0 Å². The highest BCUT2D eigenvalue weighted by atomic mass is 35.5. The minimum absolute atomic E-state index is 0.453. The van der Waals surface area contributed by atoms with Crippen LogP contribution in [-0.2, 0) is 5.88 Å². The van der Waals surface area contributed by atoms with Crippen molar-refractivity contribution in [3.05, 3.63) is 35.7 Å². The Hall–Kier alpha value is -1.35. The number of hydrogen-bond acceptors (Lipinski definition) is 2. The maximum atomic E-state index is 5.84. The van der Waals surface area contributed by atoms with Gasteiger partial charge in [0.2, 0.25) is 0 Å². The van der Waals surface area contributed by atoms with Gasteiger partial charge in [0, 0.05) is 17.5 Å². The van der Waals surface area contributed by atoms with Crippen molar-refractivity contribution >= 4 is 11.6 Å². The first-order valence-electron chi connectivity index (χ1n) is 4.34. The molecule has 0 bridgehead atoms. The molecule has 0 saturated carbocycles. The topological polar surface area (TPSA) is 41.6 Å². The van der Waals surface area contributed by atoms with Crippen molar-refractivity contribution in [2.24, 2.45) is 0 Å². The molecule has 0 atom stereocenters.